The zero-order valence-corrected chi connectivity index (χ0v) is 10.2. The van der Waals surface area contributed by atoms with E-state index in [0.717, 1.165) is 20.8 Å². The van der Waals surface area contributed by atoms with E-state index in [-0.39, 0.29) is 6.42 Å². The van der Waals surface area contributed by atoms with E-state index in [1.807, 2.05) is 36.4 Å². The maximum Gasteiger partial charge on any atom is 0.303 e. The van der Waals surface area contributed by atoms with E-state index in [9.17, 15) is 4.79 Å². The summed E-state index contributed by atoms with van der Waals surface area (Å²) in [4.78, 5) is 10.5. The SMILES string of the molecule is O=C(O)CCc1cc2ccccc2cc1Br. The molecular formula is C13H11BrO2. The first-order valence-electron chi connectivity index (χ1n) is 5.06. The van der Waals surface area contributed by atoms with E-state index < -0.39 is 5.97 Å². The molecule has 0 aliphatic carbocycles. The molecule has 0 saturated carbocycles. The second-order valence-electron chi connectivity index (χ2n) is 3.68. The second-order valence-corrected chi connectivity index (χ2v) is 4.54. The summed E-state index contributed by atoms with van der Waals surface area (Å²) in [5.74, 6) is -0.764. The van der Waals surface area contributed by atoms with Crippen LogP contribution in [0.2, 0.25) is 0 Å². The Bertz CT molecular complexity index is 534. The van der Waals surface area contributed by atoms with E-state index in [1.165, 1.54) is 0 Å². The summed E-state index contributed by atoms with van der Waals surface area (Å²) in [7, 11) is 0. The van der Waals surface area contributed by atoms with Crippen LogP contribution in [0.3, 0.4) is 0 Å². The molecule has 1 N–H and O–H groups in total. The van der Waals surface area contributed by atoms with E-state index in [4.69, 9.17) is 5.11 Å². The number of carbonyl (C=O) groups is 1. The lowest BCUT2D eigenvalue weighted by Gasteiger charge is -2.05. The number of benzene rings is 2. The first-order valence-corrected chi connectivity index (χ1v) is 5.85. The van der Waals surface area contributed by atoms with Crippen molar-refractivity contribution in [3.05, 3.63) is 46.4 Å². The van der Waals surface area contributed by atoms with Crippen LogP contribution in [0.25, 0.3) is 10.8 Å². The highest BCUT2D eigenvalue weighted by molar-refractivity contribution is 9.10. The Labute approximate surface area is 102 Å². The minimum atomic E-state index is -0.764. The number of hydrogen-bond donors (Lipinski definition) is 1. The molecule has 0 saturated heterocycles. The van der Waals surface area contributed by atoms with Crippen molar-refractivity contribution in [2.45, 2.75) is 12.8 Å². The van der Waals surface area contributed by atoms with Gasteiger partial charge in [-0.1, -0.05) is 46.3 Å². The Kier molecular flexibility index (Phi) is 3.25. The Balaban J connectivity index is 2.38. The molecular weight excluding hydrogens is 268 g/mol. The highest BCUT2D eigenvalue weighted by Crippen LogP contribution is 2.25. The van der Waals surface area contributed by atoms with Gasteiger partial charge in [-0.3, -0.25) is 4.79 Å². The van der Waals surface area contributed by atoms with E-state index in [1.54, 1.807) is 0 Å². The number of fused-ring (bicyclic) bond motifs is 1. The molecule has 16 heavy (non-hydrogen) atoms. The lowest BCUT2D eigenvalue weighted by Crippen LogP contribution is -1.98. The summed E-state index contributed by atoms with van der Waals surface area (Å²) >= 11 is 3.47. The number of aliphatic carboxylic acids is 1. The first-order chi connectivity index (χ1) is 7.66. The quantitative estimate of drug-likeness (QED) is 0.931. The molecule has 0 radical (unpaired) electrons. The molecule has 0 aliphatic rings. The van der Waals surface area contributed by atoms with Gasteiger partial charge in [-0.05, 0) is 28.8 Å². The third-order valence-electron chi connectivity index (χ3n) is 2.52. The third kappa shape index (κ3) is 2.42. The molecule has 0 amide bonds. The van der Waals surface area contributed by atoms with Crippen molar-refractivity contribution in [3.8, 4) is 0 Å². The molecule has 0 unspecified atom stereocenters. The van der Waals surface area contributed by atoms with Gasteiger partial charge in [0.25, 0.3) is 0 Å². The van der Waals surface area contributed by atoms with Crippen molar-refractivity contribution >= 4 is 32.7 Å². The molecule has 82 valence electrons. The minimum Gasteiger partial charge on any atom is -0.481 e. The lowest BCUT2D eigenvalue weighted by molar-refractivity contribution is -0.136. The van der Waals surface area contributed by atoms with Crippen molar-refractivity contribution in [2.24, 2.45) is 0 Å². The fourth-order valence-corrected chi connectivity index (χ4v) is 2.25. The second kappa shape index (κ2) is 4.66. The van der Waals surface area contributed by atoms with Gasteiger partial charge in [0, 0.05) is 10.9 Å². The number of halogens is 1. The number of carboxylic acid groups (broad SMARTS) is 1. The van der Waals surface area contributed by atoms with Crippen LogP contribution < -0.4 is 0 Å². The minimum absolute atomic E-state index is 0.164. The molecule has 2 rings (SSSR count). The number of hydrogen-bond acceptors (Lipinski definition) is 1. The summed E-state index contributed by atoms with van der Waals surface area (Å²) in [5.41, 5.74) is 1.04. The van der Waals surface area contributed by atoms with Gasteiger partial charge in [-0.25, -0.2) is 0 Å². The smallest absolute Gasteiger partial charge is 0.303 e. The molecule has 0 aliphatic heterocycles. The fourth-order valence-electron chi connectivity index (χ4n) is 1.69. The number of rotatable bonds is 3. The molecule has 2 aromatic carbocycles. The van der Waals surface area contributed by atoms with Crippen LogP contribution in [-0.4, -0.2) is 11.1 Å². The predicted octanol–water partition coefficient (Wildman–Crippen LogP) is 3.62. The van der Waals surface area contributed by atoms with Crippen LogP contribution in [-0.2, 0) is 11.2 Å². The summed E-state index contributed by atoms with van der Waals surface area (Å²) in [6, 6.07) is 12.1. The highest BCUT2D eigenvalue weighted by Gasteiger charge is 2.05. The van der Waals surface area contributed by atoms with E-state index in [0.29, 0.717) is 6.42 Å². The normalized spacial score (nSPS) is 10.6. The Morgan fingerprint density at radius 1 is 1.19 bits per heavy atom. The van der Waals surface area contributed by atoms with Gasteiger partial charge < -0.3 is 5.11 Å². The summed E-state index contributed by atoms with van der Waals surface area (Å²) < 4.78 is 0.979. The summed E-state index contributed by atoms with van der Waals surface area (Å²) in [6.45, 7) is 0. The Morgan fingerprint density at radius 2 is 1.81 bits per heavy atom. The molecule has 0 fully saturated rings. The topological polar surface area (TPSA) is 37.3 Å². The molecule has 2 aromatic rings. The van der Waals surface area contributed by atoms with Crippen LogP contribution in [0.1, 0.15) is 12.0 Å². The first kappa shape index (κ1) is 11.1. The van der Waals surface area contributed by atoms with Gasteiger partial charge in [-0.2, -0.15) is 0 Å². The molecule has 2 nitrogen and oxygen atoms in total. The maximum absolute atomic E-state index is 10.5. The third-order valence-corrected chi connectivity index (χ3v) is 3.26. The maximum atomic E-state index is 10.5. The molecule has 0 heterocycles. The van der Waals surface area contributed by atoms with Gasteiger partial charge in [-0.15, -0.1) is 0 Å². The zero-order valence-electron chi connectivity index (χ0n) is 8.61. The predicted molar refractivity (Wildman–Crippen MR) is 67.6 cm³/mol. The average Bonchev–Trinajstić information content (AvgIpc) is 2.26. The van der Waals surface area contributed by atoms with Crippen LogP contribution in [0.4, 0.5) is 0 Å². The molecule has 0 bridgehead atoms. The fraction of sp³-hybridized carbons (Fsp3) is 0.154. The zero-order chi connectivity index (χ0) is 11.5. The summed E-state index contributed by atoms with van der Waals surface area (Å²) in [6.07, 6.45) is 0.720. The average molecular weight is 279 g/mol. The van der Waals surface area contributed by atoms with Gasteiger partial charge in [0.1, 0.15) is 0 Å². The number of aryl methyl sites for hydroxylation is 1. The monoisotopic (exact) mass is 278 g/mol. The van der Waals surface area contributed by atoms with Crippen molar-refractivity contribution in [2.75, 3.05) is 0 Å². The summed E-state index contributed by atoms with van der Waals surface area (Å²) in [5, 5.41) is 11.0. The molecule has 0 atom stereocenters. The van der Waals surface area contributed by atoms with Crippen molar-refractivity contribution < 1.29 is 9.90 Å². The van der Waals surface area contributed by atoms with E-state index in [2.05, 4.69) is 15.9 Å². The van der Waals surface area contributed by atoms with Crippen molar-refractivity contribution in [3.63, 3.8) is 0 Å². The number of carboxylic acids is 1. The molecule has 3 heteroatoms. The van der Waals surface area contributed by atoms with E-state index >= 15 is 0 Å². The van der Waals surface area contributed by atoms with Crippen molar-refractivity contribution in [1.82, 2.24) is 0 Å². The van der Waals surface area contributed by atoms with Crippen molar-refractivity contribution in [1.29, 1.82) is 0 Å². The van der Waals surface area contributed by atoms with Gasteiger partial charge >= 0.3 is 5.97 Å². The molecule has 0 spiro atoms. The van der Waals surface area contributed by atoms with Gasteiger partial charge in [0.2, 0.25) is 0 Å². The van der Waals surface area contributed by atoms with Crippen LogP contribution >= 0.6 is 15.9 Å². The van der Waals surface area contributed by atoms with Gasteiger partial charge in [0.05, 0.1) is 0 Å². The van der Waals surface area contributed by atoms with Gasteiger partial charge in [0.15, 0.2) is 0 Å². The van der Waals surface area contributed by atoms with Crippen LogP contribution in [0, 0.1) is 0 Å². The Morgan fingerprint density at radius 3 is 2.44 bits per heavy atom. The largest absolute Gasteiger partial charge is 0.481 e. The lowest BCUT2D eigenvalue weighted by atomic mass is 10.0. The Hall–Kier alpha value is -1.35. The molecule has 0 aromatic heterocycles. The van der Waals surface area contributed by atoms with Crippen LogP contribution in [0.15, 0.2) is 40.9 Å². The standard InChI is InChI=1S/C13H11BrO2/c14-12-8-10-4-2-1-3-9(10)7-11(12)5-6-13(15)16/h1-4,7-8H,5-6H2,(H,15,16). The van der Waals surface area contributed by atoms with Crippen LogP contribution in [0.5, 0.6) is 0 Å². The highest BCUT2D eigenvalue weighted by atomic mass is 79.9.